The number of amides is 2. The smallest absolute Gasteiger partial charge is 0.278 e. The lowest BCUT2D eigenvalue weighted by molar-refractivity contribution is -0.137. The molecule has 2 amide bonds. The minimum absolute atomic E-state index is 0.00122. The Morgan fingerprint density at radius 1 is 0.969 bits per heavy atom. The Morgan fingerprint density at radius 3 is 2.28 bits per heavy atom. The molecule has 0 fully saturated rings. The summed E-state index contributed by atoms with van der Waals surface area (Å²) in [6, 6.07) is 16.0. The van der Waals surface area contributed by atoms with Crippen molar-refractivity contribution in [2.45, 2.75) is 32.7 Å². The van der Waals surface area contributed by atoms with Gasteiger partial charge >= 0.3 is 0 Å². The highest BCUT2D eigenvalue weighted by Crippen LogP contribution is 2.36. The summed E-state index contributed by atoms with van der Waals surface area (Å²) >= 11 is 12.4. The van der Waals surface area contributed by atoms with E-state index >= 15 is 0 Å². The van der Waals surface area contributed by atoms with E-state index in [4.69, 9.17) is 27.6 Å². The summed E-state index contributed by atoms with van der Waals surface area (Å²) < 4.78 is 5.34. The van der Waals surface area contributed by atoms with Crippen LogP contribution < -0.4 is 5.32 Å². The number of carbonyl (C=O) groups is 2. The first-order chi connectivity index (χ1) is 15.1. The predicted octanol–water partition coefficient (Wildman–Crippen LogP) is 6.28. The monoisotopic (exact) mass is 468 g/mol. The Morgan fingerprint density at radius 2 is 1.69 bits per heavy atom. The molecule has 0 atom stereocenters. The minimum Gasteiger partial charge on any atom is -0.467 e. The number of benzene rings is 2. The van der Waals surface area contributed by atoms with Crippen LogP contribution >= 0.6 is 23.2 Å². The van der Waals surface area contributed by atoms with Crippen molar-refractivity contribution < 1.29 is 14.0 Å². The Balaban J connectivity index is 1.75. The first kappa shape index (κ1) is 22.2. The molecule has 1 aliphatic heterocycles. The highest BCUT2D eigenvalue weighted by Gasteiger charge is 2.40. The average Bonchev–Trinajstić information content (AvgIpc) is 3.32. The van der Waals surface area contributed by atoms with Crippen molar-refractivity contribution in [2.24, 2.45) is 0 Å². The second kappa shape index (κ2) is 8.49. The number of furan rings is 1. The van der Waals surface area contributed by atoms with Crippen molar-refractivity contribution in [2.75, 3.05) is 5.32 Å². The van der Waals surface area contributed by atoms with Gasteiger partial charge in [-0.25, -0.2) is 0 Å². The minimum atomic E-state index is -0.454. The summed E-state index contributed by atoms with van der Waals surface area (Å²) in [7, 11) is 0. The molecule has 7 heteroatoms. The number of hydrogen-bond acceptors (Lipinski definition) is 4. The lowest BCUT2D eigenvalue weighted by atomic mass is 9.87. The van der Waals surface area contributed by atoms with E-state index in [1.54, 1.807) is 30.3 Å². The lowest BCUT2D eigenvalue weighted by Gasteiger charge is -2.19. The largest absolute Gasteiger partial charge is 0.467 e. The summed E-state index contributed by atoms with van der Waals surface area (Å²) in [6.07, 6.45) is 1.50. The van der Waals surface area contributed by atoms with Gasteiger partial charge in [-0.05, 0) is 47.4 Å². The molecule has 3 aromatic rings. The molecule has 164 valence electrons. The zero-order valence-electron chi connectivity index (χ0n) is 17.9. The van der Waals surface area contributed by atoms with E-state index in [0.717, 1.165) is 10.5 Å². The van der Waals surface area contributed by atoms with Crippen molar-refractivity contribution in [3.63, 3.8) is 0 Å². The van der Waals surface area contributed by atoms with E-state index in [0.29, 0.717) is 22.0 Å². The van der Waals surface area contributed by atoms with Crippen molar-refractivity contribution in [1.29, 1.82) is 0 Å². The molecule has 1 aromatic heterocycles. The maximum absolute atomic E-state index is 13.3. The molecule has 0 saturated heterocycles. The molecule has 0 saturated carbocycles. The molecule has 5 nitrogen and oxygen atoms in total. The summed E-state index contributed by atoms with van der Waals surface area (Å²) in [5.74, 6) is -0.402. The molecule has 2 aromatic carbocycles. The molecule has 4 rings (SSSR count). The van der Waals surface area contributed by atoms with E-state index in [1.807, 2.05) is 24.3 Å². The van der Waals surface area contributed by atoms with Gasteiger partial charge in [0.05, 0.1) is 23.4 Å². The quantitative estimate of drug-likeness (QED) is 0.447. The highest BCUT2D eigenvalue weighted by molar-refractivity contribution is 6.41. The summed E-state index contributed by atoms with van der Waals surface area (Å²) in [6.45, 7) is 6.41. The van der Waals surface area contributed by atoms with Crippen LogP contribution in [-0.4, -0.2) is 16.7 Å². The number of hydrogen-bond donors (Lipinski definition) is 1. The van der Waals surface area contributed by atoms with Crippen LogP contribution in [-0.2, 0) is 21.5 Å². The van der Waals surface area contributed by atoms with Crippen LogP contribution in [0.25, 0.3) is 5.57 Å². The average molecular weight is 469 g/mol. The standard InChI is InChI=1S/C25H22Cl2N2O3/c1-25(2,3)15-6-9-17(10-7-15)28-22-21(19-11-8-16(26)13-20(19)27)23(30)29(24(22)31)14-18-5-4-12-32-18/h4-13,28H,14H2,1-3H3. The molecule has 1 N–H and O–H groups in total. The topological polar surface area (TPSA) is 62.6 Å². The van der Waals surface area contributed by atoms with Gasteiger partial charge in [-0.1, -0.05) is 62.2 Å². The second-order valence-electron chi connectivity index (χ2n) is 8.60. The van der Waals surface area contributed by atoms with Gasteiger partial charge in [0, 0.05) is 16.3 Å². The number of anilines is 1. The normalized spacial score (nSPS) is 14.5. The van der Waals surface area contributed by atoms with Crippen LogP contribution in [0.1, 0.15) is 37.7 Å². The molecule has 1 aliphatic rings. The number of halogens is 2. The van der Waals surface area contributed by atoms with Crippen LogP contribution in [0, 0.1) is 0 Å². The first-order valence-corrected chi connectivity index (χ1v) is 10.9. The van der Waals surface area contributed by atoms with E-state index in [1.165, 1.54) is 6.26 Å². The molecule has 0 radical (unpaired) electrons. The number of carbonyl (C=O) groups excluding carboxylic acids is 2. The van der Waals surface area contributed by atoms with Crippen LogP contribution in [0.3, 0.4) is 0 Å². The van der Waals surface area contributed by atoms with E-state index < -0.39 is 11.8 Å². The van der Waals surface area contributed by atoms with Crippen molar-refractivity contribution in [1.82, 2.24) is 4.90 Å². The van der Waals surface area contributed by atoms with Crippen molar-refractivity contribution in [3.8, 4) is 0 Å². The molecule has 0 unspecified atom stereocenters. The first-order valence-electron chi connectivity index (χ1n) is 10.1. The fourth-order valence-electron chi connectivity index (χ4n) is 3.53. The molecule has 2 heterocycles. The van der Waals surface area contributed by atoms with Crippen LogP contribution in [0.15, 0.2) is 71.0 Å². The zero-order valence-corrected chi connectivity index (χ0v) is 19.4. The zero-order chi connectivity index (χ0) is 23.0. The number of rotatable bonds is 5. The summed E-state index contributed by atoms with van der Waals surface area (Å²) in [5, 5.41) is 3.87. The number of imide groups is 1. The molecule has 0 aliphatic carbocycles. The summed E-state index contributed by atoms with van der Waals surface area (Å²) in [5.41, 5.74) is 2.64. The van der Waals surface area contributed by atoms with Gasteiger partial charge in [-0.3, -0.25) is 14.5 Å². The van der Waals surface area contributed by atoms with E-state index in [-0.39, 0.29) is 28.3 Å². The van der Waals surface area contributed by atoms with Crippen LogP contribution in [0.2, 0.25) is 10.0 Å². The van der Waals surface area contributed by atoms with Gasteiger partial charge < -0.3 is 9.73 Å². The Hall–Kier alpha value is -3.02. The fourth-order valence-corrected chi connectivity index (χ4v) is 4.04. The molecular weight excluding hydrogens is 447 g/mol. The van der Waals surface area contributed by atoms with Crippen molar-refractivity contribution >= 4 is 46.3 Å². The molecule has 0 spiro atoms. The van der Waals surface area contributed by atoms with Gasteiger partial charge in [0.1, 0.15) is 11.5 Å². The van der Waals surface area contributed by atoms with Crippen LogP contribution in [0.5, 0.6) is 0 Å². The van der Waals surface area contributed by atoms with Gasteiger partial charge in [0.2, 0.25) is 0 Å². The molecular formula is C25H22Cl2N2O3. The lowest BCUT2D eigenvalue weighted by Crippen LogP contribution is -2.31. The third-order valence-electron chi connectivity index (χ3n) is 5.28. The maximum atomic E-state index is 13.3. The molecule has 32 heavy (non-hydrogen) atoms. The Bertz CT molecular complexity index is 1210. The van der Waals surface area contributed by atoms with Gasteiger partial charge in [0.15, 0.2) is 0 Å². The second-order valence-corrected chi connectivity index (χ2v) is 9.45. The number of nitrogens with zero attached hydrogens (tertiary/aromatic N) is 1. The van der Waals surface area contributed by atoms with E-state index in [2.05, 4.69) is 26.1 Å². The van der Waals surface area contributed by atoms with E-state index in [9.17, 15) is 9.59 Å². The Labute approximate surface area is 196 Å². The van der Waals surface area contributed by atoms with Gasteiger partial charge in [-0.15, -0.1) is 0 Å². The van der Waals surface area contributed by atoms with Gasteiger partial charge in [-0.2, -0.15) is 0 Å². The molecule has 0 bridgehead atoms. The maximum Gasteiger partial charge on any atom is 0.278 e. The predicted molar refractivity (Wildman–Crippen MR) is 126 cm³/mol. The van der Waals surface area contributed by atoms with Crippen LogP contribution in [0.4, 0.5) is 5.69 Å². The highest BCUT2D eigenvalue weighted by atomic mass is 35.5. The number of nitrogens with one attached hydrogen (secondary N) is 1. The SMILES string of the molecule is CC(C)(C)c1ccc(NC2=C(c3ccc(Cl)cc3Cl)C(=O)N(Cc3ccco3)C2=O)cc1. The third kappa shape index (κ3) is 4.31. The Kier molecular flexibility index (Phi) is 5.89. The summed E-state index contributed by atoms with van der Waals surface area (Å²) in [4.78, 5) is 27.8. The van der Waals surface area contributed by atoms with Crippen molar-refractivity contribution in [3.05, 3.63) is 93.5 Å². The third-order valence-corrected chi connectivity index (χ3v) is 5.83. The fraction of sp³-hybridized carbons (Fsp3) is 0.200. The van der Waals surface area contributed by atoms with Gasteiger partial charge in [0.25, 0.3) is 11.8 Å².